The Balaban J connectivity index is 1.85. The quantitative estimate of drug-likeness (QED) is 0.705. The van der Waals surface area contributed by atoms with Crippen LogP contribution in [0.2, 0.25) is 0 Å². The maximum Gasteiger partial charge on any atom is 0.257 e. The first-order valence-electron chi connectivity index (χ1n) is 10.0. The minimum Gasteiger partial charge on any atom is -0.349 e. The Morgan fingerprint density at radius 3 is 2.59 bits per heavy atom. The van der Waals surface area contributed by atoms with E-state index in [0.29, 0.717) is 13.0 Å². The number of carbonyl (C=O) groups excluding carboxylic acids is 1. The van der Waals surface area contributed by atoms with Crippen molar-refractivity contribution >= 4 is 5.91 Å². The highest BCUT2D eigenvalue weighted by Gasteiger charge is 2.27. The normalized spacial score (nSPS) is 13.3. The molecule has 1 aliphatic rings. The lowest BCUT2D eigenvalue weighted by Crippen LogP contribution is -2.34. The van der Waals surface area contributed by atoms with Crippen LogP contribution in [-0.4, -0.2) is 21.5 Å². The minimum atomic E-state index is -0.268. The highest BCUT2D eigenvalue weighted by atomic mass is 16.2. The third-order valence-corrected chi connectivity index (χ3v) is 5.43. The topological polar surface area (TPSA) is 64.0 Å². The van der Waals surface area contributed by atoms with E-state index in [9.17, 15) is 9.59 Å². The summed E-state index contributed by atoms with van der Waals surface area (Å²) < 4.78 is 2.05. The molecule has 29 heavy (non-hydrogen) atoms. The van der Waals surface area contributed by atoms with Crippen molar-refractivity contribution in [3.63, 3.8) is 0 Å². The Morgan fingerprint density at radius 1 is 1.14 bits per heavy atom. The van der Waals surface area contributed by atoms with Crippen molar-refractivity contribution in [2.75, 3.05) is 0 Å². The van der Waals surface area contributed by atoms with E-state index in [0.717, 1.165) is 41.1 Å². The van der Waals surface area contributed by atoms with Crippen LogP contribution in [0, 0.1) is 13.8 Å². The minimum absolute atomic E-state index is 0.193. The average molecular weight is 387 g/mol. The Hall–Kier alpha value is -3.21. The maximum absolute atomic E-state index is 13.0. The van der Waals surface area contributed by atoms with E-state index in [1.807, 2.05) is 37.3 Å². The van der Waals surface area contributed by atoms with Gasteiger partial charge in [-0.2, -0.15) is 0 Å². The molecule has 0 saturated heterocycles. The SMILES string of the molecule is Cc1ccccc1Cc1c(C(=O)NC2CC2)c(=O)cc(C)n1Cc1ccccn1. The number of nitrogens with one attached hydrogen (secondary N) is 1. The zero-order chi connectivity index (χ0) is 20.4. The molecule has 5 heteroatoms. The van der Waals surface area contributed by atoms with Crippen molar-refractivity contribution in [3.8, 4) is 0 Å². The molecule has 4 rings (SSSR count). The van der Waals surface area contributed by atoms with Crippen molar-refractivity contribution < 1.29 is 4.79 Å². The number of hydrogen-bond acceptors (Lipinski definition) is 3. The molecule has 1 amide bonds. The zero-order valence-corrected chi connectivity index (χ0v) is 16.8. The molecule has 2 aromatic heterocycles. The molecule has 2 heterocycles. The fourth-order valence-electron chi connectivity index (χ4n) is 3.60. The highest BCUT2D eigenvalue weighted by Crippen LogP contribution is 2.22. The zero-order valence-electron chi connectivity index (χ0n) is 16.8. The van der Waals surface area contributed by atoms with Crippen LogP contribution in [0.5, 0.6) is 0 Å². The molecule has 0 radical (unpaired) electrons. The number of carbonyl (C=O) groups is 1. The summed E-state index contributed by atoms with van der Waals surface area (Å²) in [5.41, 5.74) is 4.73. The van der Waals surface area contributed by atoms with Gasteiger partial charge < -0.3 is 9.88 Å². The number of nitrogens with zero attached hydrogens (tertiary/aromatic N) is 2. The first kappa shape index (κ1) is 19.1. The molecule has 0 bridgehead atoms. The van der Waals surface area contributed by atoms with Gasteiger partial charge in [0.15, 0.2) is 5.43 Å². The van der Waals surface area contributed by atoms with Crippen molar-refractivity contribution in [1.82, 2.24) is 14.9 Å². The summed E-state index contributed by atoms with van der Waals surface area (Å²) in [5, 5.41) is 2.99. The Labute approximate surface area is 170 Å². The lowest BCUT2D eigenvalue weighted by molar-refractivity contribution is 0.0948. The van der Waals surface area contributed by atoms with Gasteiger partial charge in [0.2, 0.25) is 0 Å². The first-order valence-corrected chi connectivity index (χ1v) is 10.0. The van der Waals surface area contributed by atoms with Gasteiger partial charge in [0.1, 0.15) is 5.56 Å². The number of hydrogen-bond donors (Lipinski definition) is 1. The fraction of sp³-hybridized carbons (Fsp3) is 0.292. The summed E-state index contributed by atoms with van der Waals surface area (Å²) >= 11 is 0. The molecule has 0 spiro atoms. The molecule has 148 valence electrons. The van der Waals surface area contributed by atoms with Crippen LogP contribution < -0.4 is 10.7 Å². The van der Waals surface area contributed by atoms with Crippen molar-refractivity contribution in [2.45, 2.75) is 45.7 Å². The van der Waals surface area contributed by atoms with Crippen LogP contribution in [0.15, 0.2) is 59.5 Å². The highest BCUT2D eigenvalue weighted by molar-refractivity contribution is 5.95. The number of rotatable bonds is 6. The summed E-state index contributed by atoms with van der Waals surface area (Å²) in [6, 6.07) is 15.6. The van der Waals surface area contributed by atoms with Crippen LogP contribution in [0.1, 0.15) is 51.4 Å². The van der Waals surface area contributed by atoms with Gasteiger partial charge in [0.05, 0.1) is 12.2 Å². The van der Waals surface area contributed by atoms with Crippen LogP contribution in [0.4, 0.5) is 0 Å². The largest absolute Gasteiger partial charge is 0.349 e. The number of amides is 1. The molecular weight excluding hydrogens is 362 g/mol. The van der Waals surface area contributed by atoms with Crippen molar-refractivity contribution in [1.29, 1.82) is 0 Å². The van der Waals surface area contributed by atoms with Gasteiger partial charge in [-0.15, -0.1) is 0 Å². The molecule has 1 aromatic carbocycles. The first-order chi connectivity index (χ1) is 14.0. The van der Waals surface area contributed by atoms with E-state index in [4.69, 9.17) is 0 Å². The fourth-order valence-corrected chi connectivity index (χ4v) is 3.60. The number of pyridine rings is 2. The molecule has 0 aliphatic heterocycles. The maximum atomic E-state index is 13.0. The van der Waals surface area contributed by atoms with Gasteiger partial charge in [-0.3, -0.25) is 14.6 Å². The van der Waals surface area contributed by atoms with E-state index in [1.165, 1.54) is 0 Å². The summed E-state index contributed by atoms with van der Waals surface area (Å²) in [4.78, 5) is 30.3. The Kier molecular flexibility index (Phi) is 5.30. The molecular formula is C24H25N3O2. The molecule has 0 atom stereocenters. The summed E-state index contributed by atoms with van der Waals surface area (Å²) in [5.74, 6) is -0.268. The average Bonchev–Trinajstić information content (AvgIpc) is 3.51. The van der Waals surface area contributed by atoms with Gasteiger partial charge in [-0.1, -0.05) is 30.3 Å². The van der Waals surface area contributed by atoms with Crippen LogP contribution in [0.25, 0.3) is 0 Å². The molecule has 5 nitrogen and oxygen atoms in total. The van der Waals surface area contributed by atoms with Crippen LogP contribution >= 0.6 is 0 Å². The van der Waals surface area contributed by atoms with Gasteiger partial charge in [-0.25, -0.2) is 0 Å². The van der Waals surface area contributed by atoms with Gasteiger partial charge in [-0.05, 0) is 49.9 Å². The monoisotopic (exact) mass is 387 g/mol. The van der Waals surface area contributed by atoms with E-state index >= 15 is 0 Å². The van der Waals surface area contributed by atoms with E-state index < -0.39 is 0 Å². The van der Waals surface area contributed by atoms with Crippen LogP contribution in [-0.2, 0) is 13.0 Å². The van der Waals surface area contributed by atoms with Crippen LogP contribution in [0.3, 0.4) is 0 Å². The summed E-state index contributed by atoms with van der Waals surface area (Å²) in [6.07, 6.45) is 4.23. The van der Waals surface area contributed by atoms with Gasteiger partial charge >= 0.3 is 0 Å². The smallest absolute Gasteiger partial charge is 0.257 e. The molecule has 1 N–H and O–H groups in total. The van der Waals surface area contributed by atoms with Gasteiger partial charge in [0.25, 0.3) is 5.91 Å². The molecule has 1 aliphatic carbocycles. The second-order valence-corrected chi connectivity index (χ2v) is 7.73. The Morgan fingerprint density at radius 2 is 1.90 bits per heavy atom. The van der Waals surface area contributed by atoms with Crippen molar-refractivity contribution in [2.24, 2.45) is 0 Å². The lowest BCUT2D eigenvalue weighted by atomic mass is 9.99. The number of aromatic nitrogens is 2. The molecule has 1 saturated carbocycles. The van der Waals surface area contributed by atoms with E-state index in [1.54, 1.807) is 12.3 Å². The third kappa shape index (κ3) is 4.29. The molecule has 1 fully saturated rings. The second kappa shape index (κ2) is 8.03. The van der Waals surface area contributed by atoms with Crippen molar-refractivity contribution in [3.05, 3.63) is 98.7 Å². The predicted molar refractivity (Wildman–Crippen MR) is 113 cm³/mol. The molecule has 0 unspecified atom stereocenters. The standard InChI is InChI=1S/C24H25N3O2/c1-16-7-3-4-8-18(16)14-21-23(24(29)26-19-10-11-19)22(28)13-17(2)27(21)15-20-9-5-6-12-25-20/h3-9,12-13,19H,10-11,14-15H2,1-2H3,(H,26,29). The number of benzene rings is 1. The number of aryl methyl sites for hydroxylation is 2. The predicted octanol–water partition coefficient (Wildman–Crippen LogP) is 3.39. The van der Waals surface area contributed by atoms with E-state index in [-0.39, 0.29) is 22.9 Å². The van der Waals surface area contributed by atoms with E-state index in [2.05, 4.69) is 33.9 Å². The lowest BCUT2D eigenvalue weighted by Gasteiger charge is -2.21. The third-order valence-electron chi connectivity index (χ3n) is 5.43. The summed E-state index contributed by atoms with van der Waals surface area (Å²) in [6.45, 7) is 4.47. The Bertz CT molecular complexity index is 1100. The summed E-state index contributed by atoms with van der Waals surface area (Å²) in [7, 11) is 0. The van der Waals surface area contributed by atoms with Gasteiger partial charge in [0, 0.05) is 36.1 Å². The molecule has 3 aromatic rings. The second-order valence-electron chi connectivity index (χ2n) is 7.73.